The van der Waals surface area contributed by atoms with Crippen LogP contribution >= 0.6 is 23.2 Å². The van der Waals surface area contributed by atoms with E-state index in [0.717, 1.165) is 57.0 Å². The largest absolute Gasteiger partial charge is 0.490 e. The van der Waals surface area contributed by atoms with E-state index in [2.05, 4.69) is 20.2 Å². The molecule has 1 saturated heterocycles. The molecule has 0 unspecified atom stereocenters. The molecular formula is C19H25Cl2N5O. The highest BCUT2D eigenvalue weighted by molar-refractivity contribution is 6.42. The van der Waals surface area contributed by atoms with Crippen LogP contribution in [0.1, 0.15) is 25.1 Å². The normalized spacial score (nSPS) is 15.7. The van der Waals surface area contributed by atoms with Crippen molar-refractivity contribution in [1.82, 2.24) is 14.9 Å². The van der Waals surface area contributed by atoms with Crippen LogP contribution in [0.25, 0.3) is 0 Å². The van der Waals surface area contributed by atoms with Crippen LogP contribution in [0.5, 0.6) is 5.75 Å². The number of aryl methyl sites for hydroxylation is 1. The molecule has 0 saturated carbocycles. The average Bonchev–Trinajstić information content (AvgIpc) is 2.62. The van der Waals surface area contributed by atoms with Crippen LogP contribution in [0.4, 0.5) is 11.6 Å². The van der Waals surface area contributed by atoms with Crippen molar-refractivity contribution >= 4 is 34.8 Å². The van der Waals surface area contributed by atoms with Gasteiger partial charge in [0.1, 0.15) is 29.3 Å². The molecule has 6 nitrogen and oxygen atoms in total. The molecule has 3 N–H and O–H groups in total. The van der Waals surface area contributed by atoms with Gasteiger partial charge in [0.25, 0.3) is 0 Å². The van der Waals surface area contributed by atoms with E-state index in [9.17, 15) is 0 Å². The average molecular weight is 410 g/mol. The molecule has 0 bridgehead atoms. The number of aromatic nitrogens is 2. The molecule has 2 aromatic rings. The van der Waals surface area contributed by atoms with Gasteiger partial charge in [-0.2, -0.15) is 0 Å². The van der Waals surface area contributed by atoms with Gasteiger partial charge in [-0.15, -0.1) is 0 Å². The van der Waals surface area contributed by atoms with Crippen LogP contribution in [-0.4, -0.2) is 47.2 Å². The van der Waals surface area contributed by atoms with Crippen molar-refractivity contribution < 1.29 is 4.74 Å². The Hall–Kier alpha value is -1.76. The molecule has 1 aliphatic heterocycles. The molecule has 0 radical (unpaired) electrons. The monoisotopic (exact) mass is 409 g/mol. The molecule has 27 heavy (non-hydrogen) atoms. The highest BCUT2D eigenvalue weighted by Crippen LogP contribution is 2.28. The lowest BCUT2D eigenvalue weighted by Crippen LogP contribution is -2.39. The van der Waals surface area contributed by atoms with E-state index >= 15 is 0 Å². The van der Waals surface area contributed by atoms with Crippen LogP contribution in [-0.2, 0) is 0 Å². The van der Waals surface area contributed by atoms with E-state index in [0.29, 0.717) is 21.7 Å². The third-order valence-electron chi connectivity index (χ3n) is 4.54. The first-order chi connectivity index (χ1) is 13.0. The number of anilines is 2. The number of piperidine rings is 1. The van der Waals surface area contributed by atoms with Crippen LogP contribution in [0.2, 0.25) is 10.0 Å². The van der Waals surface area contributed by atoms with Gasteiger partial charge in [-0.3, -0.25) is 0 Å². The SMILES string of the molecule is Cc1nc(N)cc(NCCCN2CCC(Oc3ccc(Cl)c(Cl)c3)CC2)n1. The lowest BCUT2D eigenvalue weighted by molar-refractivity contribution is 0.100. The van der Waals surface area contributed by atoms with Crippen molar-refractivity contribution in [2.24, 2.45) is 0 Å². The number of hydrogen-bond acceptors (Lipinski definition) is 6. The first-order valence-corrected chi connectivity index (χ1v) is 9.94. The second-order valence-corrected chi connectivity index (χ2v) is 7.55. The summed E-state index contributed by atoms with van der Waals surface area (Å²) >= 11 is 12.0. The lowest BCUT2D eigenvalue weighted by Gasteiger charge is -2.32. The molecule has 1 aliphatic rings. The van der Waals surface area contributed by atoms with Crippen molar-refractivity contribution in [3.63, 3.8) is 0 Å². The van der Waals surface area contributed by atoms with Gasteiger partial charge in [-0.1, -0.05) is 23.2 Å². The predicted octanol–water partition coefficient (Wildman–Crippen LogP) is 4.02. The van der Waals surface area contributed by atoms with Gasteiger partial charge in [0.15, 0.2) is 0 Å². The van der Waals surface area contributed by atoms with Gasteiger partial charge in [-0.25, -0.2) is 9.97 Å². The molecule has 8 heteroatoms. The van der Waals surface area contributed by atoms with Gasteiger partial charge in [0.2, 0.25) is 0 Å². The number of nitrogens with one attached hydrogen (secondary N) is 1. The summed E-state index contributed by atoms with van der Waals surface area (Å²) in [6, 6.07) is 7.18. The minimum Gasteiger partial charge on any atom is -0.490 e. The minimum absolute atomic E-state index is 0.226. The Morgan fingerprint density at radius 2 is 1.96 bits per heavy atom. The lowest BCUT2D eigenvalue weighted by atomic mass is 10.1. The second kappa shape index (κ2) is 9.44. The van der Waals surface area contributed by atoms with Gasteiger partial charge in [0, 0.05) is 31.8 Å². The zero-order valence-corrected chi connectivity index (χ0v) is 16.9. The zero-order valence-electron chi connectivity index (χ0n) is 15.4. The topological polar surface area (TPSA) is 76.3 Å². The van der Waals surface area contributed by atoms with Crippen molar-refractivity contribution in [2.45, 2.75) is 32.3 Å². The number of hydrogen-bond donors (Lipinski definition) is 2. The summed E-state index contributed by atoms with van der Waals surface area (Å²) in [6.45, 7) is 5.81. The van der Waals surface area contributed by atoms with Crippen molar-refractivity contribution in [2.75, 3.05) is 37.2 Å². The number of nitrogens with zero attached hydrogens (tertiary/aromatic N) is 3. The Morgan fingerprint density at radius 1 is 1.19 bits per heavy atom. The summed E-state index contributed by atoms with van der Waals surface area (Å²) < 4.78 is 6.04. The molecule has 3 rings (SSSR count). The summed E-state index contributed by atoms with van der Waals surface area (Å²) in [5.41, 5.74) is 5.74. The van der Waals surface area contributed by atoms with E-state index in [1.807, 2.05) is 13.0 Å². The van der Waals surface area contributed by atoms with Gasteiger partial charge < -0.3 is 20.7 Å². The van der Waals surface area contributed by atoms with Gasteiger partial charge in [0.05, 0.1) is 10.0 Å². The van der Waals surface area contributed by atoms with Gasteiger partial charge in [-0.05, 0) is 44.9 Å². The highest BCUT2D eigenvalue weighted by atomic mass is 35.5. The van der Waals surface area contributed by atoms with Crippen molar-refractivity contribution in [3.05, 3.63) is 40.1 Å². The van der Waals surface area contributed by atoms with E-state index < -0.39 is 0 Å². The molecule has 146 valence electrons. The Bertz CT molecular complexity index is 746. The van der Waals surface area contributed by atoms with Crippen LogP contribution < -0.4 is 15.8 Å². The fourth-order valence-electron chi connectivity index (χ4n) is 3.19. The maximum absolute atomic E-state index is 6.05. The maximum Gasteiger partial charge on any atom is 0.131 e. The summed E-state index contributed by atoms with van der Waals surface area (Å²) in [7, 11) is 0. The number of nitrogens with two attached hydrogens (primary N) is 1. The number of ether oxygens (including phenoxy) is 1. The first-order valence-electron chi connectivity index (χ1n) is 9.19. The predicted molar refractivity (Wildman–Crippen MR) is 111 cm³/mol. The summed E-state index contributed by atoms with van der Waals surface area (Å²) in [5.74, 6) is 2.75. The Balaban J connectivity index is 1.35. The Labute approximate surface area is 170 Å². The fourth-order valence-corrected chi connectivity index (χ4v) is 3.48. The van der Waals surface area contributed by atoms with Gasteiger partial charge >= 0.3 is 0 Å². The molecule has 0 amide bonds. The van der Waals surface area contributed by atoms with Crippen molar-refractivity contribution in [3.8, 4) is 5.75 Å². The quantitative estimate of drug-likeness (QED) is 0.672. The minimum atomic E-state index is 0.226. The standard InChI is InChI=1S/C19H25Cl2N5O/c1-13-24-18(22)12-19(25-13)23-7-2-8-26-9-5-14(6-10-26)27-15-3-4-16(20)17(21)11-15/h3-4,11-12,14H,2,5-10H2,1H3,(H3,22,23,24,25). The molecule has 0 aliphatic carbocycles. The molecule has 0 atom stereocenters. The second-order valence-electron chi connectivity index (χ2n) is 6.74. The zero-order chi connectivity index (χ0) is 19.2. The van der Waals surface area contributed by atoms with E-state index in [1.165, 1.54) is 0 Å². The Kier molecular flexibility index (Phi) is 6.99. The number of likely N-dealkylation sites (tertiary alicyclic amines) is 1. The maximum atomic E-state index is 6.05. The van der Waals surface area contributed by atoms with E-state index in [4.69, 9.17) is 33.7 Å². The van der Waals surface area contributed by atoms with Crippen molar-refractivity contribution in [1.29, 1.82) is 0 Å². The third kappa shape index (κ3) is 6.13. The highest BCUT2D eigenvalue weighted by Gasteiger charge is 2.20. The number of benzene rings is 1. The summed E-state index contributed by atoms with van der Waals surface area (Å²) in [6.07, 6.45) is 3.29. The molecule has 0 spiro atoms. The van der Waals surface area contributed by atoms with Crippen LogP contribution in [0, 0.1) is 6.92 Å². The molecule has 1 fully saturated rings. The number of nitrogen functional groups attached to an aromatic ring is 1. The molecule has 2 heterocycles. The Morgan fingerprint density at radius 3 is 2.67 bits per heavy atom. The molecule has 1 aromatic heterocycles. The fraction of sp³-hybridized carbons (Fsp3) is 0.474. The number of halogens is 2. The van der Waals surface area contributed by atoms with E-state index in [1.54, 1.807) is 18.2 Å². The number of rotatable bonds is 7. The molecular weight excluding hydrogens is 385 g/mol. The summed E-state index contributed by atoms with van der Waals surface area (Å²) in [4.78, 5) is 10.9. The summed E-state index contributed by atoms with van der Waals surface area (Å²) in [5, 5.41) is 4.39. The smallest absolute Gasteiger partial charge is 0.131 e. The van der Waals surface area contributed by atoms with Crippen LogP contribution in [0.15, 0.2) is 24.3 Å². The van der Waals surface area contributed by atoms with E-state index in [-0.39, 0.29) is 6.10 Å². The first kappa shape index (κ1) is 20.0. The third-order valence-corrected chi connectivity index (χ3v) is 5.28. The molecule has 1 aromatic carbocycles. The van der Waals surface area contributed by atoms with Crippen LogP contribution in [0.3, 0.4) is 0 Å².